The van der Waals surface area contributed by atoms with Crippen LogP contribution in [0.4, 0.5) is 0 Å². The molecule has 0 rings (SSSR count). The third kappa shape index (κ3) is 11.1. The summed E-state index contributed by atoms with van der Waals surface area (Å²) in [5, 5.41) is 9.18. The van der Waals surface area contributed by atoms with Gasteiger partial charge < -0.3 is 5.11 Å². The molecule has 0 aliphatic heterocycles. The molecule has 0 fully saturated rings. The third-order valence-electron chi connectivity index (χ3n) is 1.02. The molecule has 0 radical (unpaired) electrons. The maximum atomic E-state index is 9.95. The smallest absolute Gasteiger partial charge is 0.303 e. The molecule has 0 aromatic rings. The zero-order valence-corrected chi connectivity index (χ0v) is 8.08. The fourth-order valence-corrected chi connectivity index (χ4v) is 0.944. The molecule has 10 heavy (non-hydrogen) atoms. The molecule has 4 heteroatoms. The number of alkyl halides is 1. The first kappa shape index (κ1) is 12.9. The van der Waals surface area contributed by atoms with Crippen LogP contribution in [0.15, 0.2) is 0 Å². The van der Waals surface area contributed by atoms with Crippen LogP contribution in [-0.2, 0) is 4.79 Å². The fraction of sp³-hybridized carbons (Fsp3) is 0.833. The van der Waals surface area contributed by atoms with Crippen molar-refractivity contribution in [3.05, 3.63) is 0 Å². The van der Waals surface area contributed by atoms with Crippen LogP contribution in [0, 0.1) is 0 Å². The van der Waals surface area contributed by atoms with E-state index in [0.717, 1.165) is 24.6 Å². The highest BCUT2D eigenvalue weighted by Crippen LogP contribution is 2.01. The maximum Gasteiger partial charge on any atom is 0.303 e. The summed E-state index contributed by atoms with van der Waals surface area (Å²) in [7, 11) is 0. The quantitative estimate of drug-likeness (QED) is 0.583. The first-order valence-electron chi connectivity index (χ1n) is 3.05. The second-order valence-corrected chi connectivity index (χ2v) is 2.69. The van der Waals surface area contributed by atoms with Gasteiger partial charge in [-0.05, 0) is 12.8 Å². The van der Waals surface area contributed by atoms with Gasteiger partial charge in [-0.3, -0.25) is 4.79 Å². The number of halogens is 2. The molecule has 0 bridgehead atoms. The molecule has 0 aromatic heterocycles. The van der Waals surface area contributed by atoms with Gasteiger partial charge in [0, 0.05) is 11.8 Å². The van der Waals surface area contributed by atoms with Crippen molar-refractivity contribution in [2.45, 2.75) is 25.7 Å². The SMILES string of the molecule is Cl.O=C(O)CCCCCBr. The molecule has 0 aliphatic rings. The van der Waals surface area contributed by atoms with Gasteiger partial charge in [0.05, 0.1) is 0 Å². The minimum atomic E-state index is -0.690. The zero-order valence-electron chi connectivity index (χ0n) is 5.68. The Kier molecular flexibility index (Phi) is 11.9. The monoisotopic (exact) mass is 230 g/mol. The minimum Gasteiger partial charge on any atom is -0.481 e. The van der Waals surface area contributed by atoms with Gasteiger partial charge in [0.15, 0.2) is 0 Å². The lowest BCUT2D eigenvalue weighted by atomic mass is 10.2. The van der Waals surface area contributed by atoms with Crippen molar-refractivity contribution in [3.63, 3.8) is 0 Å². The fourth-order valence-electron chi connectivity index (χ4n) is 0.547. The predicted molar refractivity (Wildman–Crippen MR) is 47.1 cm³/mol. The summed E-state index contributed by atoms with van der Waals surface area (Å²) < 4.78 is 0. The number of aliphatic carboxylic acids is 1. The second kappa shape index (κ2) is 9.24. The largest absolute Gasteiger partial charge is 0.481 e. The lowest BCUT2D eigenvalue weighted by Crippen LogP contribution is -1.93. The Morgan fingerprint density at radius 1 is 1.30 bits per heavy atom. The molecule has 62 valence electrons. The highest BCUT2D eigenvalue weighted by molar-refractivity contribution is 9.09. The van der Waals surface area contributed by atoms with Crippen LogP contribution in [0.3, 0.4) is 0 Å². The molecule has 0 saturated heterocycles. The van der Waals surface area contributed by atoms with Crippen LogP contribution >= 0.6 is 28.3 Å². The number of hydrogen-bond acceptors (Lipinski definition) is 1. The molecule has 0 saturated carbocycles. The Bertz CT molecular complexity index is 87.8. The van der Waals surface area contributed by atoms with Crippen molar-refractivity contribution in [3.8, 4) is 0 Å². The predicted octanol–water partition coefficient (Wildman–Crippen LogP) is 2.45. The first-order chi connectivity index (χ1) is 4.27. The van der Waals surface area contributed by atoms with E-state index in [-0.39, 0.29) is 12.4 Å². The van der Waals surface area contributed by atoms with E-state index < -0.39 is 5.97 Å². The second-order valence-electron chi connectivity index (χ2n) is 1.89. The molecule has 0 atom stereocenters. The maximum absolute atomic E-state index is 9.95. The molecule has 1 N–H and O–H groups in total. The van der Waals surface area contributed by atoms with E-state index in [1.54, 1.807) is 0 Å². The summed E-state index contributed by atoms with van der Waals surface area (Å²) in [5.74, 6) is -0.690. The number of carboxylic acids is 1. The number of hydrogen-bond donors (Lipinski definition) is 1. The Labute approximate surface area is 75.5 Å². The molecule has 0 spiro atoms. The van der Waals surface area contributed by atoms with Crippen LogP contribution in [0.5, 0.6) is 0 Å². The average Bonchev–Trinajstić information content (AvgIpc) is 1.80. The summed E-state index contributed by atoms with van der Waals surface area (Å²) in [5.41, 5.74) is 0. The molecule has 0 amide bonds. The number of carbonyl (C=O) groups is 1. The number of rotatable bonds is 5. The van der Waals surface area contributed by atoms with E-state index in [4.69, 9.17) is 5.11 Å². The van der Waals surface area contributed by atoms with Crippen LogP contribution in [0.1, 0.15) is 25.7 Å². The van der Waals surface area contributed by atoms with E-state index in [1.165, 1.54) is 0 Å². The molecule has 0 unspecified atom stereocenters. The van der Waals surface area contributed by atoms with E-state index in [0.29, 0.717) is 6.42 Å². The van der Waals surface area contributed by atoms with E-state index in [1.807, 2.05) is 0 Å². The topological polar surface area (TPSA) is 37.3 Å². The van der Waals surface area contributed by atoms with Gasteiger partial charge in [-0.25, -0.2) is 0 Å². The standard InChI is InChI=1S/C6H11BrO2.ClH/c7-5-3-1-2-4-6(8)9;/h1-5H2,(H,8,9);1H. The normalized spacial score (nSPS) is 8.50. The van der Waals surface area contributed by atoms with Crippen LogP contribution < -0.4 is 0 Å². The summed E-state index contributed by atoms with van der Waals surface area (Å²) in [6, 6.07) is 0. The van der Waals surface area contributed by atoms with Crippen molar-refractivity contribution in [1.29, 1.82) is 0 Å². The van der Waals surface area contributed by atoms with Gasteiger partial charge in [-0.15, -0.1) is 12.4 Å². The number of unbranched alkanes of at least 4 members (excludes halogenated alkanes) is 2. The Balaban J connectivity index is 0. The van der Waals surface area contributed by atoms with Crippen LogP contribution in [-0.4, -0.2) is 16.4 Å². The molecule has 0 aliphatic carbocycles. The van der Waals surface area contributed by atoms with E-state index in [9.17, 15) is 4.79 Å². The van der Waals surface area contributed by atoms with Crippen molar-refractivity contribution < 1.29 is 9.90 Å². The molecular weight excluding hydrogens is 219 g/mol. The van der Waals surface area contributed by atoms with Gasteiger partial charge in [0.1, 0.15) is 0 Å². The molecule has 0 aromatic carbocycles. The van der Waals surface area contributed by atoms with Crippen molar-refractivity contribution in [2.24, 2.45) is 0 Å². The van der Waals surface area contributed by atoms with Gasteiger partial charge in [0.2, 0.25) is 0 Å². The van der Waals surface area contributed by atoms with Crippen molar-refractivity contribution in [2.75, 3.05) is 5.33 Å². The Morgan fingerprint density at radius 2 is 1.90 bits per heavy atom. The highest BCUT2D eigenvalue weighted by atomic mass is 79.9. The summed E-state index contributed by atoms with van der Waals surface area (Å²) >= 11 is 3.27. The van der Waals surface area contributed by atoms with E-state index >= 15 is 0 Å². The van der Waals surface area contributed by atoms with Crippen molar-refractivity contribution in [1.82, 2.24) is 0 Å². The summed E-state index contributed by atoms with van der Waals surface area (Å²) in [6.45, 7) is 0. The van der Waals surface area contributed by atoms with Gasteiger partial charge in [-0.2, -0.15) is 0 Å². The number of carboxylic acid groups (broad SMARTS) is 1. The lowest BCUT2D eigenvalue weighted by molar-refractivity contribution is -0.137. The Morgan fingerprint density at radius 3 is 2.30 bits per heavy atom. The van der Waals surface area contributed by atoms with Crippen molar-refractivity contribution >= 4 is 34.3 Å². The third-order valence-corrected chi connectivity index (χ3v) is 1.59. The average molecular weight is 232 g/mol. The van der Waals surface area contributed by atoms with Gasteiger partial charge >= 0.3 is 5.97 Å². The van der Waals surface area contributed by atoms with Gasteiger partial charge in [-0.1, -0.05) is 22.4 Å². The van der Waals surface area contributed by atoms with Crippen LogP contribution in [0.25, 0.3) is 0 Å². The van der Waals surface area contributed by atoms with Crippen LogP contribution in [0.2, 0.25) is 0 Å². The first-order valence-corrected chi connectivity index (χ1v) is 4.17. The van der Waals surface area contributed by atoms with E-state index in [2.05, 4.69) is 15.9 Å². The molecular formula is C6H12BrClO2. The van der Waals surface area contributed by atoms with Gasteiger partial charge in [0.25, 0.3) is 0 Å². The zero-order chi connectivity index (χ0) is 7.11. The minimum absolute atomic E-state index is 0. The molecule has 2 nitrogen and oxygen atoms in total. The highest BCUT2D eigenvalue weighted by Gasteiger charge is 1.94. The summed E-state index contributed by atoms with van der Waals surface area (Å²) in [4.78, 5) is 9.95. The summed E-state index contributed by atoms with van der Waals surface area (Å²) in [6.07, 6.45) is 3.21. The molecule has 0 heterocycles. The lowest BCUT2D eigenvalue weighted by Gasteiger charge is -1.92. The Hall–Kier alpha value is 0.240.